The number of piperazine rings is 1. The topological polar surface area (TPSA) is 61.6 Å². The van der Waals surface area contributed by atoms with Crippen LogP contribution in [0, 0.1) is 0 Å². The van der Waals surface area contributed by atoms with Gasteiger partial charge in [-0.1, -0.05) is 30.3 Å². The number of nitrogen functional groups attached to an aromatic ring is 1. The van der Waals surface area contributed by atoms with Crippen LogP contribution in [0.3, 0.4) is 0 Å². The third-order valence-electron chi connectivity index (χ3n) is 4.76. The van der Waals surface area contributed by atoms with Crippen molar-refractivity contribution in [1.82, 2.24) is 10.2 Å². The number of nitrogens with one attached hydrogen (secondary N) is 1. The monoisotopic (exact) mass is 392 g/mol. The van der Waals surface area contributed by atoms with Gasteiger partial charge in [-0.3, -0.25) is 9.69 Å². The van der Waals surface area contributed by atoms with Gasteiger partial charge in [0.25, 0.3) is 0 Å². The molecule has 28 heavy (non-hydrogen) atoms. The van der Waals surface area contributed by atoms with Gasteiger partial charge in [0.2, 0.25) is 5.91 Å². The van der Waals surface area contributed by atoms with Gasteiger partial charge in [0.05, 0.1) is 0 Å². The highest BCUT2D eigenvalue weighted by molar-refractivity contribution is 5.83. The highest BCUT2D eigenvalue weighted by Crippen LogP contribution is 2.25. The zero-order valence-electron chi connectivity index (χ0n) is 15.3. The van der Waals surface area contributed by atoms with Gasteiger partial charge >= 0.3 is 6.18 Å². The molecule has 150 valence electrons. The minimum atomic E-state index is -4.44. The molecule has 1 unspecified atom stereocenters. The highest BCUT2D eigenvalue weighted by atomic mass is 19.4. The van der Waals surface area contributed by atoms with E-state index in [1.54, 1.807) is 24.3 Å². The average molecular weight is 392 g/mol. The van der Waals surface area contributed by atoms with Gasteiger partial charge in [0.1, 0.15) is 12.6 Å². The third kappa shape index (κ3) is 5.16. The number of carbonyl (C=O) groups is 1. The number of nitrogens with two attached hydrogens (primary N) is 1. The summed E-state index contributed by atoms with van der Waals surface area (Å²) in [7, 11) is 0. The van der Waals surface area contributed by atoms with Gasteiger partial charge in [-0.05, 0) is 29.8 Å². The molecule has 0 bridgehead atoms. The van der Waals surface area contributed by atoms with E-state index in [1.165, 1.54) is 0 Å². The van der Waals surface area contributed by atoms with Gasteiger partial charge < -0.3 is 16.0 Å². The fourth-order valence-electron chi connectivity index (χ4n) is 3.37. The molecule has 3 N–H and O–H groups in total. The lowest BCUT2D eigenvalue weighted by Crippen LogP contribution is -2.51. The van der Waals surface area contributed by atoms with Crippen LogP contribution in [0.4, 0.5) is 24.5 Å². The van der Waals surface area contributed by atoms with Crippen LogP contribution in [0.5, 0.6) is 0 Å². The molecule has 5 nitrogen and oxygen atoms in total. The van der Waals surface area contributed by atoms with E-state index in [9.17, 15) is 18.0 Å². The number of nitrogens with zero attached hydrogens (tertiary/aromatic N) is 2. The first-order valence-corrected chi connectivity index (χ1v) is 9.07. The Morgan fingerprint density at radius 3 is 2.18 bits per heavy atom. The summed E-state index contributed by atoms with van der Waals surface area (Å²) in [5, 5.41) is 2.03. The summed E-state index contributed by atoms with van der Waals surface area (Å²) in [6.07, 6.45) is -4.44. The second-order valence-corrected chi connectivity index (χ2v) is 6.76. The van der Waals surface area contributed by atoms with Crippen LogP contribution >= 0.6 is 0 Å². The normalized spacial score (nSPS) is 16.6. The van der Waals surface area contributed by atoms with Gasteiger partial charge in [-0.2, -0.15) is 13.2 Å². The van der Waals surface area contributed by atoms with E-state index < -0.39 is 24.7 Å². The molecule has 3 rings (SSSR count). The maximum atomic E-state index is 12.6. The second kappa shape index (κ2) is 8.52. The molecule has 2 aromatic carbocycles. The number of carbonyl (C=O) groups excluding carboxylic acids is 1. The van der Waals surface area contributed by atoms with Crippen molar-refractivity contribution in [2.45, 2.75) is 12.2 Å². The van der Waals surface area contributed by atoms with Crippen molar-refractivity contribution in [3.05, 3.63) is 60.2 Å². The maximum absolute atomic E-state index is 12.6. The van der Waals surface area contributed by atoms with E-state index in [4.69, 9.17) is 5.73 Å². The van der Waals surface area contributed by atoms with Gasteiger partial charge in [-0.15, -0.1) is 0 Å². The van der Waals surface area contributed by atoms with Crippen molar-refractivity contribution in [1.29, 1.82) is 0 Å². The lowest BCUT2D eigenvalue weighted by molar-refractivity contribution is -0.142. The first kappa shape index (κ1) is 20.0. The average Bonchev–Trinajstić information content (AvgIpc) is 2.68. The molecule has 1 amide bonds. The molecule has 0 saturated carbocycles. The Kier molecular flexibility index (Phi) is 6.08. The number of halogens is 3. The molecule has 1 heterocycles. The van der Waals surface area contributed by atoms with E-state index >= 15 is 0 Å². The number of anilines is 2. The van der Waals surface area contributed by atoms with Crippen molar-refractivity contribution in [2.24, 2.45) is 0 Å². The Bertz CT molecular complexity index is 772. The van der Waals surface area contributed by atoms with Gasteiger partial charge in [-0.25, -0.2) is 0 Å². The van der Waals surface area contributed by atoms with E-state index in [0.29, 0.717) is 37.4 Å². The van der Waals surface area contributed by atoms with E-state index in [0.717, 1.165) is 5.69 Å². The molecule has 1 fully saturated rings. The zero-order chi connectivity index (χ0) is 20.1. The number of benzene rings is 2. The van der Waals surface area contributed by atoms with Crippen LogP contribution in [-0.4, -0.2) is 49.7 Å². The number of rotatable bonds is 5. The fraction of sp³-hybridized carbons (Fsp3) is 0.350. The van der Waals surface area contributed by atoms with Crippen molar-refractivity contribution < 1.29 is 18.0 Å². The molecule has 2 aromatic rings. The quantitative estimate of drug-likeness (QED) is 0.769. The summed E-state index contributed by atoms with van der Waals surface area (Å²) in [4.78, 5) is 16.7. The zero-order valence-corrected chi connectivity index (χ0v) is 15.3. The fourth-order valence-corrected chi connectivity index (χ4v) is 3.37. The smallest absolute Gasteiger partial charge is 0.399 e. The number of alkyl halides is 3. The second-order valence-electron chi connectivity index (χ2n) is 6.76. The molecule has 0 aliphatic carbocycles. The molecule has 0 radical (unpaired) electrons. The minimum Gasteiger partial charge on any atom is -0.399 e. The first-order valence-electron chi connectivity index (χ1n) is 9.07. The van der Waals surface area contributed by atoms with Crippen LogP contribution in [0.2, 0.25) is 0 Å². The van der Waals surface area contributed by atoms with Crippen molar-refractivity contribution in [2.75, 3.05) is 43.4 Å². The van der Waals surface area contributed by atoms with Crippen LogP contribution in [-0.2, 0) is 4.79 Å². The molecule has 1 atom stereocenters. The summed E-state index contributed by atoms with van der Waals surface area (Å²) in [6, 6.07) is 15.7. The van der Waals surface area contributed by atoms with Crippen molar-refractivity contribution >= 4 is 17.3 Å². The van der Waals surface area contributed by atoms with E-state index in [1.807, 2.05) is 40.5 Å². The van der Waals surface area contributed by atoms with Crippen LogP contribution in [0.15, 0.2) is 54.6 Å². The SMILES string of the molecule is Nc1ccc(N2CCN(C(C(=O)NCC(F)(F)F)c3ccccc3)CC2)cc1. The van der Waals surface area contributed by atoms with E-state index in [2.05, 4.69) is 4.90 Å². The van der Waals surface area contributed by atoms with E-state index in [-0.39, 0.29) is 0 Å². The molecule has 0 spiro atoms. The summed E-state index contributed by atoms with van der Waals surface area (Å²) in [5.41, 5.74) is 8.13. The predicted octanol–water partition coefficient (Wildman–Crippen LogP) is 2.81. The summed E-state index contributed by atoms with van der Waals surface area (Å²) >= 11 is 0. The van der Waals surface area contributed by atoms with Gasteiger partial charge in [0, 0.05) is 37.6 Å². The summed E-state index contributed by atoms with van der Waals surface area (Å²) in [5.74, 6) is -0.635. The number of hydrogen-bond acceptors (Lipinski definition) is 4. The first-order chi connectivity index (χ1) is 13.3. The molecular formula is C20H23F3N4O. The molecule has 0 aromatic heterocycles. The van der Waals surface area contributed by atoms with Gasteiger partial charge in [0.15, 0.2) is 0 Å². The molecule has 1 saturated heterocycles. The minimum absolute atomic E-state index is 0.559. The summed E-state index contributed by atoms with van der Waals surface area (Å²) < 4.78 is 37.6. The summed E-state index contributed by atoms with van der Waals surface area (Å²) in [6.45, 7) is 1.12. The predicted molar refractivity (Wildman–Crippen MR) is 103 cm³/mol. The van der Waals surface area contributed by atoms with Crippen LogP contribution in [0.1, 0.15) is 11.6 Å². The molecule has 1 aliphatic rings. The van der Waals surface area contributed by atoms with Crippen LogP contribution in [0.25, 0.3) is 0 Å². The Labute approximate surface area is 161 Å². The Balaban J connectivity index is 1.71. The Hall–Kier alpha value is -2.74. The Morgan fingerprint density at radius 1 is 1.00 bits per heavy atom. The molecular weight excluding hydrogens is 369 g/mol. The number of hydrogen-bond donors (Lipinski definition) is 2. The molecule has 8 heteroatoms. The lowest BCUT2D eigenvalue weighted by atomic mass is 10.0. The standard InChI is InChI=1S/C20H23F3N4O/c21-20(22,23)14-25-19(28)18(15-4-2-1-3-5-15)27-12-10-26(11-13-27)17-8-6-16(24)7-9-17/h1-9,18H,10-14,24H2,(H,25,28). The van der Waals surface area contributed by atoms with Crippen LogP contribution < -0.4 is 16.0 Å². The Morgan fingerprint density at radius 2 is 1.61 bits per heavy atom. The maximum Gasteiger partial charge on any atom is 0.405 e. The third-order valence-corrected chi connectivity index (χ3v) is 4.76. The van der Waals surface area contributed by atoms with Crippen molar-refractivity contribution in [3.63, 3.8) is 0 Å². The lowest BCUT2D eigenvalue weighted by Gasteiger charge is -2.39. The molecule has 1 aliphatic heterocycles. The highest BCUT2D eigenvalue weighted by Gasteiger charge is 2.33. The number of amides is 1. The van der Waals surface area contributed by atoms with Crippen molar-refractivity contribution in [3.8, 4) is 0 Å². The largest absolute Gasteiger partial charge is 0.405 e.